The van der Waals surface area contributed by atoms with Crippen LogP contribution in [0.2, 0.25) is 0 Å². The Hall–Kier alpha value is -3.35. The fraction of sp³-hybridized carbons (Fsp3) is 0.400. The second-order valence-electron chi connectivity index (χ2n) is 8.91. The van der Waals surface area contributed by atoms with Crippen LogP contribution < -0.4 is 10.1 Å². The summed E-state index contributed by atoms with van der Waals surface area (Å²) in [5, 5.41) is 2.71. The van der Waals surface area contributed by atoms with Gasteiger partial charge >= 0.3 is 5.97 Å². The Morgan fingerprint density at radius 2 is 1.53 bits per heavy atom. The molecule has 1 saturated heterocycles. The third-order valence-electron chi connectivity index (χ3n) is 5.22. The van der Waals surface area contributed by atoms with E-state index in [0.717, 1.165) is 5.75 Å². The summed E-state index contributed by atoms with van der Waals surface area (Å²) >= 11 is 0. The Morgan fingerprint density at radius 3 is 2.12 bits per heavy atom. The number of hydrogen-bond acceptors (Lipinski definition) is 5. The lowest BCUT2D eigenvalue weighted by molar-refractivity contribution is -0.155. The van der Waals surface area contributed by atoms with E-state index in [4.69, 9.17) is 9.47 Å². The number of benzene rings is 2. The van der Waals surface area contributed by atoms with Crippen molar-refractivity contribution in [2.24, 2.45) is 11.3 Å². The molecule has 0 radical (unpaired) electrons. The minimum atomic E-state index is -0.433. The molecule has 32 heavy (non-hydrogen) atoms. The van der Waals surface area contributed by atoms with Crippen molar-refractivity contribution in [1.29, 1.82) is 0 Å². The number of likely N-dealkylation sites (tertiary alicyclic amines) is 1. The first-order valence-electron chi connectivity index (χ1n) is 10.8. The van der Waals surface area contributed by atoms with Gasteiger partial charge in [0.25, 0.3) is 5.91 Å². The summed E-state index contributed by atoms with van der Waals surface area (Å²) in [5.41, 5.74) is 0.151. The quantitative estimate of drug-likeness (QED) is 0.682. The van der Waals surface area contributed by atoms with Crippen LogP contribution in [-0.4, -0.2) is 42.4 Å². The average Bonchev–Trinajstić information content (AvgIpc) is 2.78. The van der Waals surface area contributed by atoms with Crippen molar-refractivity contribution in [2.45, 2.75) is 33.6 Å². The molecule has 1 aliphatic rings. The second kappa shape index (κ2) is 10.3. The molecule has 170 valence electrons. The van der Waals surface area contributed by atoms with Crippen LogP contribution >= 0.6 is 0 Å². The van der Waals surface area contributed by atoms with E-state index in [1.807, 2.05) is 51.1 Å². The number of para-hydroxylation sites is 1. The largest absolute Gasteiger partial charge is 0.457 e. The molecule has 1 aliphatic heterocycles. The summed E-state index contributed by atoms with van der Waals surface area (Å²) < 4.78 is 10.9. The number of piperidine rings is 1. The number of carbonyl (C=O) groups is 3. The summed E-state index contributed by atoms with van der Waals surface area (Å²) in [4.78, 5) is 38.6. The van der Waals surface area contributed by atoms with Crippen molar-refractivity contribution in [3.8, 4) is 11.5 Å². The van der Waals surface area contributed by atoms with Crippen molar-refractivity contribution in [3.05, 3.63) is 54.6 Å². The molecule has 1 heterocycles. The van der Waals surface area contributed by atoms with Crippen molar-refractivity contribution in [1.82, 2.24) is 4.90 Å². The van der Waals surface area contributed by atoms with Crippen molar-refractivity contribution < 1.29 is 23.9 Å². The lowest BCUT2D eigenvalue weighted by atomic mass is 9.91. The maximum atomic E-state index is 12.3. The zero-order chi connectivity index (χ0) is 23.1. The smallest absolute Gasteiger partial charge is 0.309 e. The normalized spacial score (nSPS) is 14.5. The predicted octanol–water partition coefficient (Wildman–Crippen LogP) is 4.25. The first-order chi connectivity index (χ1) is 15.2. The van der Waals surface area contributed by atoms with Crippen LogP contribution in [0.5, 0.6) is 11.5 Å². The van der Waals surface area contributed by atoms with E-state index < -0.39 is 17.3 Å². The molecule has 7 heteroatoms. The van der Waals surface area contributed by atoms with E-state index in [-0.39, 0.29) is 18.4 Å². The number of nitrogens with one attached hydrogen (secondary N) is 1. The molecule has 2 amide bonds. The lowest BCUT2D eigenvalue weighted by Gasteiger charge is -2.34. The van der Waals surface area contributed by atoms with Gasteiger partial charge in [-0.3, -0.25) is 14.4 Å². The molecule has 7 nitrogen and oxygen atoms in total. The Bertz CT molecular complexity index is 927. The van der Waals surface area contributed by atoms with Gasteiger partial charge in [0, 0.05) is 24.2 Å². The van der Waals surface area contributed by atoms with E-state index in [1.54, 1.807) is 29.2 Å². The van der Waals surface area contributed by atoms with E-state index >= 15 is 0 Å². The monoisotopic (exact) mass is 438 g/mol. The number of esters is 1. The van der Waals surface area contributed by atoms with E-state index in [1.165, 1.54) is 0 Å². The van der Waals surface area contributed by atoms with Gasteiger partial charge in [0.1, 0.15) is 11.5 Å². The number of nitrogens with zero attached hydrogens (tertiary/aromatic N) is 1. The summed E-state index contributed by atoms with van der Waals surface area (Å²) in [6.07, 6.45) is 1.09. The number of rotatable bonds is 6. The highest BCUT2D eigenvalue weighted by atomic mass is 16.5. The Labute approximate surface area is 188 Å². The SMILES string of the molecule is CC(C)(C)C(=O)N1CCC(C(=O)OCC(=O)Nc2ccc(Oc3ccccc3)cc2)CC1. The average molecular weight is 439 g/mol. The summed E-state index contributed by atoms with van der Waals surface area (Å²) in [7, 11) is 0. The van der Waals surface area contributed by atoms with Crippen molar-refractivity contribution in [2.75, 3.05) is 25.0 Å². The standard InChI is InChI=1S/C25H30N2O5/c1-25(2,3)24(30)27-15-13-18(14-16-27)23(29)31-17-22(28)26-19-9-11-21(12-10-19)32-20-7-5-4-6-8-20/h4-12,18H,13-17H2,1-3H3,(H,26,28). The molecule has 1 N–H and O–H groups in total. The first kappa shape index (κ1) is 23.3. The van der Waals surface area contributed by atoms with Gasteiger partial charge < -0.3 is 19.7 Å². The van der Waals surface area contributed by atoms with Gasteiger partial charge in [-0.2, -0.15) is 0 Å². The summed E-state index contributed by atoms with van der Waals surface area (Å²) in [5.74, 6) is 0.372. The predicted molar refractivity (Wildman–Crippen MR) is 121 cm³/mol. The summed E-state index contributed by atoms with van der Waals surface area (Å²) in [6.45, 7) is 6.37. The van der Waals surface area contributed by atoms with Gasteiger partial charge in [0.15, 0.2) is 6.61 Å². The number of amides is 2. The molecule has 1 fully saturated rings. The maximum Gasteiger partial charge on any atom is 0.309 e. The fourth-order valence-electron chi connectivity index (χ4n) is 3.48. The molecule has 0 aromatic heterocycles. The third kappa shape index (κ3) is 6.57. The Morgan fingerprint density at radius 1 is 0.938 bits per heavy atom. The minimum Gasteiger partial charge on any atom is -0.457 e. The first-order valence-corrected chi connectivity index (χ1v) is 10.8. The zero-order valence-electron chi connectivity index (χ0n) is 18.8. The molecular weight excluding hydrogens is 408 g/mol. The highest BCUT2D eigenvalue weighted by Crippen LogP contribution is 2.25. The number of ether oxygens (including phenoxy) is 2. The maximum absolute atomic E-state index is 12.3. The van der Waals surface area contributed by atoms with Crippen molar-refractivity contribution in [3.63, 3.8) is 0 Å². The third-order valence-corrected chi connectivity index (χ3v) is 5.22. The van der Waals surface area contributed by atoms with Crippen LogP contribution in [0.25, 0.3) is 0 Å². The van der Waals surface area contributed by atoms with Crippen LogP contribution in [0.3, 0.4) is 0 Å². The van der Waals surface area contributed by atoms with Gasteiger partial charge in [0.05, 0.1) is 5.92 Å². The summed E-state index contributed by atoms with van der Waals surface area (Å²) in [6, 6.07) is 16.4. The van der Waals surface area contributed by atoms with Crippen LogP contribution in [0, 0.1) is 11.3 Å². The van der Waals surface area contributed by atoms with Crippen LogP contribution in [-0.2, 0) is 19.1 Å². The van der Waals surface area contributed by atoms with Gasteiger partial charge in [-0.15, -0.1) is 0 Å². The molecule has 0 aliphatic carbocycles. The van der Waals surface area contributed by atoms with Gasteiger partial charge in [-0.1, -0.05) is 39.0 Å². The van der Waals surface area contributed by atoms with Crippen LogP contribution in [0.15, 0.2) is 54.6 Å². The highest BCUT2D eigenvalue weighted by Gasteiger charge is 2.33. The molecule has 0 atom stereocenters. The molecule has 0 saturated carbocycles. The van der Waals surface area contributed by atoms with Gasteiger partial charge in [-0.25, -0.2) is 0 Å². The number of carbonyl (C=O) groups excluding carboxylic acids is 3. The Kier molecular flexibility index (Phi) is 7.51. The van der Waals surface area contributed by atoms with Crippen LogP contribution in [0.4, 0.5) is 5.69 Å². The lowest BCUT2D eigenvalue weighted by Crippen LogP contribution is -2.45. The van der Waals surface area contributed by atoms with E-state index in [9.17, 15) is 14.4 Å². The minimum absolute atomic E-state index is 0.0869. The highest BCUT2D eigenvalue weighted by molar-refractivity contribution is 5.93. The number of anilines is 1. The topological polar surface area (TPSA) is 84.9 Å². The molecule has 2 aromatic carbocycles. The molecule has 2 aromatic rings. The fourth-order valence-corrected chi connectivity index (χ4v) is 3.48. The molecule has 0 spiro atoms. The molecule has 0 bridgehead atoms. The van der Waals surface area contributed by atoms with E-state index in [0.29, 0.717) is 37.4 Å². The Balaban J connectivity index is 1.40. The second-order valence-corrected chi connectivity index (χ2v) is 8.91. The molecule has 0 unspecified atom stereocenters. The molecular formula is C25H30N2O5. The van der Waals surface area contributed by atoms with Gasteiger partial charge in [0.2, 0.25) is 5.91 Å². The number of hydrogen-bond donors (Lipinski definition) is 1. The van der Waals surface area contributed by atoms with Crippen molar-refractivity contribution >= 4 is 23.5 Å². The van der Waals surface area contributed by atoms with Crippen LogP contribution in [0.1, 0.15) is 33.6 Å². The molecule has 3 rings (SSSR count). The van der Waals surface area contributed by atoms with E-state index in [2.05, 4.69) is 5.32 Å². The zero-order valence-corrected chi connectivity index (χ0v) is 18.8. The van der Waals surface area contributed by atoms with Gasteiger partial charge in [-0.05, 0) is 49.2 Å².